The summed E-state index contributed by atoms with van der Waals surface area (Å²) in [5.41, 5.74) is 2.16. The molecule has 126 valence electrons. The van der Waals surface area contributed by atoms with Crippen LogP contribution in [0.1, 0.15) is 49.3 Å². The Hall–Kier alpha value is -1.75. The van der Waals surface area contributed by atoms with Crippen molar-refractivity contribution in [2.24, 2.45) is 0 Å². The van der Waals surface area contributed by atoms with Gasteiger partial charge in [0.05, 0.1) is 14.2 Å². The van der Waals surface area contributed by atoms with Crippen molar-refractivity contribution >= 4 is 5.91 Å². The van der Waals surface area contributed by atoms with Crippen LogP contribution in [0.5, 0.6) is 11.5 Å². The molecule has 0 spiro atoms. The van der Waals surface area contributed by atoms with Crippen molar-refractivity contribution in [3.05, 3.63) is 23.3 Å². The van der Waals surface area contributed by atoms with E-state index in [1.165, 1.54) is 19.3 Å². The van der Waals surface area contributed by atoms with Gasteiger partial charge in [0, 0.05) is 12.6 Å². The van der Waals surface area contributed by atoms with Gasteiger partial charge in [0.2, 0.25) is 5.91 Å². The third-order valence-electron chi connectivity index (χ3n) is 4.91. The molecule has 5 heteroatoms. The fourth-order valence-electron chi connectivity index (χ4n) is 3.65. The largest absolute Gasteiger partial charge is 0.493 e. The number of methoxy groups -OCH3 is 2. The fourth-order valence-corrected chi connectivity index (χ4v) is 3.65. The van der Waals surface area contributed by atoms with Gasteiger partial charge in [-0.25, -0.2) is 0 Å². The molecular formula is C18H26N2O3. The standard InChI is InChI=1S/C18H26N2O3/c1-22-15-10-12-8-9-19-17(14(12)11-16(15)23-2)18(21)20-13-6-4-3-5-7-13/h10-11,13,17,19H,3-9H2,1-2H3,(H,20,21). The maximum absolute atomic E-state index is 12.7. The molecule has 0 saturated heterocycles. The third-order valence-corrected chi connectivity index (χ3v) is 4.91. The first-order chi connectivity index (χ1) is 11.2. The van der Waals surface area contributed by atoms with Crippen molar-refractivity contribution in [2.45, 2.75) is 50.6 Å². The van der Waals surface area contributed by atoms with Gasteiger partial charge in [-0.1, -0.05) is 19.3 Å². The smallest absolute Gasteiger partial charge is 0.241 e. The zero-order chi connectivity index (χ0) is 16.2. The van der Waals surface area contributed by atoms with E-state index in [4.69, 9.17) is 9.47 Å². The Bertz CT molecular complexity index is 568. The van der Waals surface area contributed by atoms with Crippen molar-refractivity contribution in [1.82, 2.24) is 10.6 Å². The number of nitrogens with one attached hydrogen (secondary N) is 2. The van der Waals surface area contributed by atoms with Crippen molar-refractivity contribution in [3.63, 3.8) is 0 Å². The highest BCUT2D eigenvalue weighted by molar-refractivity contribution is 5.84. The predicted molar refractivity (Wildman–Crippen MR) is 89.0 cm³/mol. The fraction of sp³-hybridized carbons (Fsp3) is 0.611. The minimum absolute atomic E-state index is 0.0741. The van der Waals surface area contributed by atoms with E-state index in [9.17, 15) is 4.79 Å². The molecule has 1 aliphatic heterocycles. The van der Waals surface area contributed by atoms with Crippen molar-refractivity contribution in [3.8, 4) is 11.5 Å². The van der Waals surface area contributed by atoms with Crippen LogP contribution in [0.2, 0.25) is 0 Å². The van der Waals surface area contributed by atoms with E-state index in [0.29, 0.717) is 11.8 Å². The van der Waals surface area contributed by atoms with Crippen LogP contribution >= 0.6 is 0 Å². The van der Waals surface area contributed by atoms with Gasteiger partial charge in [-0.15, -0.1) is 0 Å². The number of amides is 1. The SMILES string of the molecule is COc1cc2c(cc1OC)C(C(=O)NC1CCCCC1)NCC2. The van der Waals surface area contributed by atoms with Crippen LogP contribution < -0.4 is 20.1 Å². The van der Waals surface area contributed by atoms with Gasteiger partial charge < -0.3 is 20.1 Å². The minimum Gasteiger partial charge on any atom is -0.493 e. The van der Waals surface area contributed by atoms with Gasteiger partial charge in [-0.3, -0.25) is 4.79 Å². The van der Waals surface area contributed by atoms with E-state index in [1.54, 1.807) is 14.2 Å². The molecule has 1 fully saturated rings. The monoisotopic (exact) mass is 318 g/mol. The first-order valence-corrected chi connectivity index (χ1v) is 8.51. The van der Waals surface area contributed by atoms with Crippen molar-refractivity contribution in [2.75, 3.05) is 20.8 Å². The van der Waals surface area contributed by atoms with E-state index in [2.05, 4.69) is 10.6 Å². The van der Waals surface area contributed by atoms with Gasteiger partial charge in [-0.2, -0.15) is 0 Å². The number of carbonyl (C=O) groups is 1. The molecule has 2 N–H and O–H groups in total. The topological polar surface area (TPSA) is 59.6 Å². The summed E-state index contributed by atoms with van der Waals surface area (Å²) in [4.78, 5) is 12.7. The lowest BCUT2D eigenvalue weighted by atomic mass is 9.91. The third kappa shape index (κ3) is 3.44. The summed E-state index contributed by atoms with van der Waals surface area (Å²) in [5, 5.41) is 6.57. The van der Waals surface area contributed by atoms with Crippen LogP contribution in [0.3, 0.4) is 0 Å². The summed E-state index contributed by atoms with van der Waals surface area (Å²) in [6, 6.07) is 3.95. The van der Waals surface area contributed by atoms with E-state index in [0.717, 1.165) is 42.7 Å². The molecule has 5 nitrogen and oxygen atoms in total. The summed E-state index contributed by atoms with van der Waals surface area (Å²) in [6.07, 6.45) is 6.79. The maximum Gasteiger partial charge on any atom is 0.241 e. The van der Waals surface area contributed by atoms with Gasteiger partial charge in [0.15, 0.2) is 11.5 Å². The number of ether oxygens (including phenoxy) is 2. The second kappa shape index (κ2) is 7.21. The Balaban J connectivity index is 1.81. The number of hydrogen-bond acceptors (Lipinski definition) is 4. The molecule has 23 heavy (non-hydrogen) atoms. The highest BCUT2D eigenvalue weighted by atomic mass is 16.5. The molecule has 3 rings (SSSR count). The second-order valence-electron chi connectivity index (χ2n) is 6.39. The zero-order valence-electron chi connectivity index (χ0n) is 14.0. The Morgan fingerprint density at radius 2 is 1.83 bits per heavy atom. The Labute approximate surface area is 137 Å². The first-order valence-electron chi connectivity index (χ1n) is 8.51. The minimum atomic E-state index is -0.305. The molecule has 1 atom stereocenters. The number of rotatable bonds is 4. The molecule has 1 aromatic rings. The zero-order valence-corrected chi connectivity index (χ0v) is 14.0. The number of carbonyl (C=O) groups excluding carboxylic acids is 1. The van der Waals surface area contributed by atoms with Crippen molar-refractivity contribution < 1.29 is 14.3 Å². The average molecular weight is 318 g/mol. The first kappa shape index (κ1) is 16.1. The predicted octanol–water partition coefficient (Wildman–Crippen LogP) is 2.34. The Morgan fingerprint density at radius 1 is 1.13 bits per heavy atom. The highest BCUT2D eigenvalue weighted by Crippen LogP contribution is 2.35. The molecule has 0 aromatic heterocycles. The number of benzene rings is 1. The molecule has 1 unspecified atom stereocenters. The lowest BCUT2D eigenvalue weighted by molar-refractivity contribution is -0.124. The lowest BCUT2D eigenvalue weighted by Gasteiger charge is -2.30. The van der Waals surface area contributed by atoms with Crippen molar-refractivity contribution in [1.29, 1.82) is 0 Å². The number of hydrogen-bond donors (Lipinski definition) is 2. The normalized spacial score (nSPS) is 21.4. The lowest BCUT2D eigenvalue weighted by Crippen LogP contribution is -2.45. The second-order valence-corrected chi connectivity index (χ2v) is 6.39. The van der Waals surface area contributed by atoms with Gasteiger partial charge in [0.1, 0.15) is 6.04 Å². The summed E-state index contributed by atoms with van der Waals surface area (Å²) in [6.45, 7) is 0.797. The summed E-state index contributed by atoms with van der Waals surface area (Å²) in [7, 11) is 3.26. The Morgan fingerprint density at radius 3 is 2.52 bits per heavy atom. The summed E-state index contributed by atoms with van der Waals surface area (Å²) < 4.78 is 10.8. The highest BCUT2D eigenvalue weighted by Gasteiger charge is 2.29. The van der Waals surface area contributed by atoms with Crippen LogP contribution in [-0.4, -0.2) is 32.7 Å². The van der Waals surface area contributed by atoms with Crippen LogP contribution in [-0.2, 0) is 11.2 Å². The molecule has 0 radical (unpaired) electrons. The molecule has 1 aromatic carbocycles. The van der Waals surface area contributed by atoms with Gasteiger partial charge in [-0.05, 0) is 42.5 Å². The molecule has 1 saturated carbocycles. The summed E-state index contributed by atoms with van der Waals surface area (Å²) >= 11 is 0. The van der Waals surface area contributed by atoms with Crippen LogP contribution in [0.4, 0.5) is 0 Å². The van der Waals surface area contributed by atoms with Crippen LogP contribution in [0, 0.1) is 0 Å². The van der Waals surface area contributed by atoms with Crippen LogP contribution in [0.25, 0.3) is 0 Å². The molecule has 0 bridgehead atoms. The maximum atomic E-state index is 12.7. The quantitative estimate of drug-likeness (QED) is 0.894. The van der Waals surface area contributed by atoms with Gasteiger partial charge >= 0.3 is 0 Å². The molecule has 1 aliphatic carbocycles. The van der Waals surface area contributed by atoms with E-state index >= 15 is 0 Å². The molecule has 1 amide bonds. The van der Waals surface area contributed by atoms with Crippen LogP contribution in [0.15, 0.2) is 12.1 Å². The average Bonchev–Trinajstić information content (AvgIpc) is 2.60. The molecular weight excluding hydrogens is 292 g/mol. The summed E-state index contributed by atoms with van der Waals surface area (Å²) in [5.74, 6) is 1.47. The molecule has 2 aliphatic rings. The van der Waals surface area contributed by atoms with Gasteiger partial charge in [0.25, 0.3) is 0 Å². The number of fused-ring (bicyclic) bond motifs is 1. The van der Waals surface area contributed by atoms with E-state index < -0.39 is 0 Å². The van der Waals surface area contributed by atoms with E-state index in [-0.39, 0.29) is 11.9 Å². The Kier molecular flexibility index (Phi) is 5.06. The molecule has 1 heterocycles. The van der Waals surface area contributed by atoms with E-state index in [1.807, 2.05) is 12.1 Å².